The van der Waals surface area contributed by atoms with Crippen LogP contribution >= 0.6 is 11.6 Å². The Morgan fingerprint density at radius 1 is 1.06 bits per heavy atom. The second-order valence-electron chi connectivity index (χ2n) is 8.12. The summed E-state index contributed by atoms with van der Waals surface area (Å²) in [6, 6.07) is 14.3. The minimum Gasteiger partial charge on any atom is -0.494 e. The highest BCUT2D eigenvalue weighted by Gasteiger charge is 2.34. The van der Waals surface area contributed by atoms with Crippen LogP contribution in [-0.2, 0) is 14.3 Å². The van der Waals surface area contributed by atoms with Crippen molar-refractivity contribution in [2.24, 2.45) is 0 Å². The number of likely N-dealkylation sites (tertiary alicyclic amines) is 1. The number of carbonyl (C=O) groups is 2. The van der Waals surface area contributed by atoms with E-state index in [1.54, 1.807) is 12.1 Å². The molecule has 0 spiro atoms. The van der Waals surface area contributed by atoms with Crippen LogP contribution in [-0.4, -0.2) is 62.3 Å². The zero-order valence-electron chi connectivity index (χ0n) is 19.1. The van der Waals surface area contributed by atoms with Crippen LogP contribution in [0.3, 0.4) is 0 Å². The summed E-state index contributed by atoms with van der Waals surface area (Å²) in [5.41, 5.74) is 1.13. The Hall–Kier alpha value is -2.77. The molecular weight excluding hydrogens is 444 g/mol. The van der Waals surface area contributed by atoms with E-state index in [0.717, 1.165) is 24.2 Å². The SMILES string of the molecule is COC(=O)C1CC(NC(=O)COc2ccc(C)cc2)CCN1CCCOc1ccc(Cl)cc1. The molecule has 0 radical (unpaired) electrons. The van der Waals surface area contributed by atoms with Crippen molar-refractivity contribution in [2.75, 3.05) is 33.4 Å². The number of hydrogen-bond acceptors (Lipinski definition) is 6. The first-order valence-corrected chi connectivity index (χ1v) is 11.5. The van der Waals surface area contributed by atoms with E-state index < -0.39 is 6.04 Å². The molecule has 0 bridgehead atoms. The second kappa shape index (κ2) is 12.5. The van der Waals surface area contributed by atoms with Gasteiger partial charge in [-0.25, -0.2) is 0 Å². The molecule has 1 amide bonds. The Morgan fingerprint density at radius 2 is 1.73 bits per heavy atom. The highest BCUT2D eigenvalue weighted by molar-refractivity contribution is 6.30. The van der Waals surface area contributed by atoms with E-state index in [0.29, 0.717) is 36.9 Å². The normalized spacial score (nSPS) is 18.4. The van der Waals surface area contributed by atoms with Crippen LogP contribution in [0.15, 0.2) is 48.5 Å². The number of hydrogen-bond donors (Lipinski definition) is 1. The first-order chi connectivity index (χ1) is 15.9. The third kappa shape index (κ3) is 7.94. The number of nitrogens with zero attached hydrogens (tertiary/aromatic N) is 1. The van der Waals surface area contributed by atoms with E-state index in [9.17, 15) is 9.59 Å². The maximum Gasteiger partial charge on any atom is 0.323 e. The first kappa shape index (κ1) is 24.9. The maximum absolute atomic E-state index is 12.4. The van der Waals surface area contributed by atoms with Gasteiger partial charge in [0.15, 0.2) is 6.61 Å². The van der Waals surface area contributed by atoms with Crippen LogP contribution in [0, 0.1) is 6.92 Å². The van der Waals surface area contributed by atoms with E-state index in [1.165, 1.54) is 7.11 Å². The van der Waals surface area contributed by atoms with Gasteiger partial charge in [0.05, 0.1) is 13.7 Å². The highest BCUT2D eigenvalue weighted by Crippen LogP contribution is 2.20. The lowest BCUT2D eigenvalue weighted by molar-refractivity contribution is -0.149. The van der Waals surface area contributed by atoms with Crippen molar-refractivity contribution in [1.29, 1.82) is 0 Å². The number of benzene rings is 2. The van der Waals surface area contributed by atoms with Crippen LogP contribution in [0.5, 0.6) is 11.5 Å². The van der Waals surface area contributed by atoms with E-state index in [4.69, 9.17) is 25.8 Å². The Balaban J connectivity index is 1.43. The largest absolute Gasteiger partial charge is 0.494 e. The first-order valence-electron chi connectivity index (χ1n) is 11.1. The monoisotopic (exact) mass is 474 g/mol. The predicted octanol–water partition coefficient (Wildman–Crippen LogP) is 3.62. The van der Waals surface area contributed by atoms with Crippen LogP contribution in [0.2, 0.25) is 5.02 Å². The van der Waals surface area contributed by atoms with Crippen LogP contribution < -0.4 is 14.8 Å². The molecule has 2 atom stereocenters. The lowest BCUT2D eigenvalue weighted by Crippen LogP contribution is -2.54. The maximum atomic E-state index is 12.4. The molecule has 0 aromatic heterocycles. The smallest absolute Gasteiger partial charge is 0.323 e. The molecule has 7 nitrogen and oxygen atoms in total. The van der Waals surface area contributed by atoms with Gasteiger partial charge in [0.1, 0.15) is 17.5 Å². The van der Waals surface area contributed by atoms with Gasteiger partial charge in [-0.05, 0) is 62.6 Å². The summed E-state index contributed by atoms with van der Waals surface area (Å²) in [5, 5.41) is 3.66. The molecule has 3 rings (SSSR count). The lowest BCUT2D eigenvalue weighted by atomic mass is 9.96. The molecule has 8 heteroatoms. The molecule has 0 saturated carbocycles. The zero-order valence-corrected chi connectivity index (χ0v) is 19.8. The molecule has 1 N–H and O–H groups in total. The fourth-order valence-electron chi connectivity index (χ4n) is 3.84. The Kier molecular flexibility index (Phi) is 9.39. The van der Waals surface area contributed by atoms with Gasteiger partial charge >= 0.3 is 5.97 Å². The number of rotatable bonds is 10. The Bertz CT molecular complexity index is 904. The van der Waals surface area contributed by atoms with Gasteiger partial charge in [0.25, 0.3) is 5.91 Å². The summed E-state index contributed by atoms with van der Waals surface area (Å²) in [6.45, 7) is 3.85. The minimum absolute atomic E-state index is 0.0613. The van der Waals surface area contributed by atoms with Crippen LogP contribution in [0.1, 0.15) is 24.8 Å². The van der Waals surface area contributed by atoms with E-state index in [-0.39, 0.29) is 24.5 Å². The molecule has 1 aliphatic heterocycles. The van der Waals surface area contributed by atoms with E-state index in [2.05, 4.69) is 10.2 Å². The topological polar surface area (TPSA) is 77.1 Å². The molecule has 1 heterocycles. The summed E-state index contributed by atoms with van der Waals surface area (Å²) in [4.78, 5) is 26.8. The minimum atomic E-state index is -0.400. The molecule has 1 saturated heterocycles. The van der Waals surface area contributed by atoms with Crippen molar-refractivity contribution in [1.82, 2.24) is 10.2 Å². The zero-order chi connectivity index (χ0) is 23.6. The quantitative estimate of drug-likeness (QED) is 0.418. The predicted molar refractivity (Wildman–Crippen MR) is 127 cm³/mol. The fraction of sp³-hybridized carbons (Fsp3) is 0.440. The van der Waals surface area contributed by atoms with Gasteiger partial charge in [0.2, 0.25) is 0 Å². The third-order valence-corrected chi connectivity index (χ3v) is 5.87. The van der Waals surface area contributed by atoms with Gasteiger partial charge in [-0.2, -0.15) is 0 Å². The van der Waals surface area contributed by atoms with Crippen molar-refractivity contribution in [3.63, 3.8) is 0 Å². The highest BCUT2D eigenvalue weighted by atomic mass is 35.5. The van der Waals surface area contributed by atoms with E-state index in [1.807, 2.05) is 43.3 Å². The second-order valence-corrected chi connectivity index (χ2v) is 8.56. The number of carbonyl (C=O) groups excluding carboxylic acids is 2. The van der Waals surface area contributed by atoms with Crippen molar-refractivity contribution >= 4 is 23.5 Å². The number of amides is 1. The number of esters is 1. The number of piperidine rings is 1. The van der Waals surface area contributed by atoms with Gasteiger partial charge < -0.3 is 19.5 Å². The number of nitrogens with one attached hydrogen (secondary N) is 1. The van der Waals surface area contributed by atoms with Crippen molar-refractivity contribution in [3.05, 3.63) is 59.1 Å². The van der Waals surface area contributed by atoms with Gasteiger partial charge in [-0.1, -0.05) is 29.3 Å². The summed E-state index contributed by atoms with van der Waals surface area (Å²) < 4.78 is 16.3. The number of ether oxygens (including phenoxy) is 3. The van der Waals surface area contributed by atoms with Crippen molar-refractivity contribution in [3.8, 4) is 11.5 Å². The number of halogens is 1. The lowest BCUT2D eigenvalue weighted by Gasteiger charge is -2.38. The van der Waals surface area contributed by atoms with Crippen LogP contribution in [0.25, 0.3) is 0 Å². The molecule has 2 aromatic rings. The fourth-order valence-corrected chi connectivity index (χ4v) is 3.96. The van der Waals surface area contributed by atoms with Gasteiger partial charge in [-0.15, -0.1) is 0 Å². The van der Waals surface area contributed by atoms with Gasteiger partial charge in [-0.3, -0.25) is 14.5 Å². The summed E-state index contributed by atoms with van der Waals surface area (Å²) >= 11 is 5.89. The molecule has 33 heavy (non-hydrogen) atoms. The van der Waals surface area contributed by atoms with Crippen molar-refractivity contribution < 1.29 is 23.8 Å². The number of methoxy groups -OCH3 is 1. The average molecular weight is 475 g/mol. The molecule has 1 aliphatic rings. The molecule has 178 valence electrons. The Morgan fingerprint density at radius 3 is 2.42 bits per heavy atom. The molecular formula is C25H31ClN2O5. The molecule has 2 aromatic carbocycles. The van der Waals surface area contributed by atoms with Gasteiger partial charge in [0, 0.05) is 24.2 Å². The summed E-state index contributed by atoms with van der Waals surface area (Å²) in [5.74, 6) is 0.925. The van der Waals surface area contributed by atoms with E-state index >= 15 is 0 Å². The summed E-state index contributed by atoms with van der Waals surface area (Å²) in [6.07, 6.45) is 2.01. The average Bonchev–Trinajstić information content (AvgIpc) is 2.82. The molecule has 1 fully saturated rings. The molecule has 0 aliphatic carbocycles. The molecule has 2 unspecified atom stereocenters. The van der Waals surface area contributed by atoms with Crippen LogP contribution in [0.4, 0.5) is 0 Å². The standard InChI is InChI=1S/C25H31ClN2O5/c1-18-4-8-22(9-5-18)33-17-24(29)27-20-12-14-28(23(16-20)25(30)31-2)13-3-15-32-21-10-6-19(26)7-11-21/h4-11,20,23H,3,12-17H2,1-2H3,(H,27,29). The number of aryl methyl sites for hydroxylation is 1. The summed E-state index contributed by atoms with van der Waals surface area (Å²) in [7, 11) is 1.39. The Labute approximate surface area is 200 Å². The third-order valence-electron chi connectivity index (χ3n) is 5.61. The van der Waals surface area contributed by atoms with Crippen molar-refractivity contribution in [2.45, 2.75) is 38.3 Å².